The number of fused-ring (bicyclic) bond motifs is 3. The third-order valence-electron chi connectivity index (χ3n) is 9.30. The molecule has 0 amide bonds. The van der Waals surface area contributed by atoms with Gasteiger partial charge in [-0.05, 0) is 56.4 Å². The Kier molecular flexibility index (Phi) is 13.7. The fourth-order valence-electron chi connectivity index (χ4n) is 6.90. The third kappa shape index (κ3) is 10.9. The summed E-state index contributed by atoms with van der Waals surface area (Å²) in [5.74, 6) is 5.91. The summed E-state index contributed by atoms with van der Waals surface area (Å²) in [5, 5.41) is 0. The number of nitrogen functional groups attached to an aromatic ring is 1. The monoisotopic (exact) mass is 647 g/mol. The normalized spacial score (nSPS) is 21.8. The molecular formula is C32H54N5O5PSi. The van der Waals surface area contributed by atoms with Gasteiger partial charge in [-0.3, -0.25) is 4.57 Å². The van der Waals surface area contributed by atoms with Crippen LogP contribution in [0.15, 0.2) is 12.7 Å². The highest BCUT2D eigenvalue weighted by Gasteiger charge is 2.46. The van der Waals surface area contributed by atoms with Gasteiger partial charge in [0.15, 0.2) is 11.5 Å². The first-order valence-electron chi connectivity index (χ1n) is 16.7. The van der Waals surface area contributed by atoms with E-state index in [9.17, 15) is 9.46 Å². The number of aromatic nitrogens is 4. The van der Waals surface area contributed by atoms with Crippen molar-refractivity contribution >= 4 is 32.7 Å². The molecular weight excluding hydrogens is 593 g/mol. The van der Waals surface area contributed by atoms with Crippen LogP contribution in [-0.4, -0.2) is 64.8 Å². The van der Waals surface area contributed by atoms with Gasteiger partial charge < -0.3 is 29.2 Å². The molecule has 2 aromatic rings. The zero-order valence-corrected chi connectivity index (χ0v) is 29.0. The van der Waals surface area contributed by atoms with Crippen molar-refractivity contribution in [3.63, 3.8) is 0 Å². The van der Waals surface area contributed by atoms with Gasteiger partial charge in [-0.15, -0.1) is 11.5 Å². The maximum atomic E-state index is 12.3. The minimum Gasteiger partial charge on any atom is -0.382 e. The molecule has 12 heteroatoms. The number of anilines is 1. The van der Waals surface area contributed by atoms with Gasteiger partial charge in [0.25, 0.3) is 0 Å². The second kappa shape index (κ2) is 17.2. The number of unbranched alkanes of at least 4 members (excludes halogenated alkanes) is 7. The molecule has 0 spiro atoms. The molecule has 3 N–H and O–H groups in total. The number of ether oxygens (including phenoxy) is 2. The first-order chi connectivity index (χ1) is 21.1. The fourth-order valence-corrected chi connectivity index (χ4v) is 11.0. The van der Waals surface area contributed by atoms with Crippen LogP contribution >= 0.6 is 7.60 Å². The number of nitrogens with zero attached hydrogens (tertiary/aromatic N) is 4. The summed E-state index contributed by atoms with van der Waals surface area (Å²) < 4.78 is 30.6. The van der Waals surface area contributed by atoms with E-state index in [1.807, 2.05) is 6.92 Å². The van der Waals surface area contributed by atoms with Crippen molar-refractivity contribution in [2.75, 3.05) is 31.9 Å². The quantitative estimate of drug-likeness (QED) is 0.0678. The Hall–Kier alpha value is -1.80. The van der Waals surface area contributed by atoms with E-state index >= 15 is 0 Å². The number of imidazole rings is 1. The van der Waals surface area contributed by atoms with Crippen LogP contribution in [-0.2, 0) is 25.1 Å². The van der Waals surface area contributed by atoms with E-state index < -0.39 is 15.7 Å². The molecule has 5 atom stereocenters. The second-order valence-corrected chi connectivity index (χ2v) is 19.6. The highest BCUT2D eigenvalue weighted by atomic mass is 31.2. The van der Waals surface area contributed by atoms with Crippen LogP contribution in [0.5, 0.6) is 0 Å². The molecule has 2 heterocycles. The zero-order valence-electron chi connectivity index (χ0n) is 27.1. The van der Waals surface area contributed by atoms with Gasteiger partial charge in [0.1, 0.15) is 26.3 Å². The SMILES string of the molecule is C[C@H](Cn1cnc2c(N)ncnc21)OCP(=O)(O)OCCCOCCCCCCCCCC#C[Si](C)(C)C1CC2CCC1C2. The van der Waals surface area contributed by atoms with Crippen LogP contribution in [0, 0.1) is 23.3 Å². The fraction of sp³-hybridized carbons (Fsp3) is 0.781. The first-order valence-corrected chi connectivity index (χ1v) is 21.6. The molecule has 0 radical (unpaired) electrons. The standard InChI is InChI=1S/C32H54N5O5PSi/c1-26(22-37-24-36-30-31(33)34-23-35-32(30)37)41-25-43(38,39)42-18-13-17-40-16-11-9-7-5-4-6-8-10-12-19-44(2,3)29-21-27-14-15-28(29)20-27/h23-24,26-29H,4-11,13-18,20-22,25H2,1-3H3,(H,38,39)(H2,33,34,35)/t26-,27?,28?,29?/m1/s1. The van der Waals surface area contributed by atoms with Crippen LogP contribution in [0.4, 0.5) is 5.82 Å². The average Bonchev–Trinajstić information content (AvgIpc) is 3.73. The summed E-state index contributed by atoms with van der Waals surface area (Å²) in [6.45, 7) is 8.61. The Bertz CT molecular complexity index is 1280. The number of rotatable bonds is 20. The molecule has 4 rings (SSSR count). The van der Waals surface area contributed by atoms with E-state index in [2.05, 4.69) is 39.5 Å². The van der Waals surface area contributed by atoms with Gasteiger partial charge >= 0.3 is 7.60 Å². The highest BCUT2D eigenvalue weighted by Crippen LogP contribution is 2.55. The number of hydrogen-bond donors (Lipinski definition) is 2. The molecule has 44 heavy (non-hydrogen) atoms. The lowest BCUT2D eigenvalue weighted by Crippen LogP contribution is -2.34. The highest BCUT2D eigenvalue weighted by molar-refractivity contribution is 7.52. The largest absolute Gasteiger partial charge is 0.382 e. The van der Waals surface area contributed by atoms with E-state index in [0.717, 1.165) is 36.8 Å². The molecule has 2 bridgehead atoms. The molecule has 246 valence electrons. The van der Waals surface area contributed by atoms with Crippen LogP contribution in [0.2, 0.25) is 18.6 Å². The van der Waals surface area contributed by atoms with Crippen molar-refractivity contribution in [3.8, 4) is 11.5 Å². The summed E-state index contributed by atoms with van der Waals surface area (Å²) in [4.78, 5) is 22.4. The van der Waals surface area contributed by atoms with Crippen molar-refractivity contribution in [1.29, 1.82) is 0 Å². The van der Waals surface area contributed by atoms with E-state index in [4.69, 9.17) is 19.7 Å². The summed E-state index contributed by atoms with van der Waals surface area (Å²) in [6.07, 6.45) is 18.4. The summed E-state index contributed by atoms with van der Waals surface area (Å²) in [6, 6.07) is 0. The molecule has 2 aliphatic rings. The van der Waals surface area contributed by atoms with Crippen molar-refractivity contribution in [2.45, 2.75) is 122 Å². The van der Waals surface area contributed by atoms with E-state index in [1.54, 1.807) is 10.9 Å². The lowest BCUT2D eigenvalue weighted by Gasteiger charge is -2.31. The number of hydrogen-bond acceptors (Lipinski definition) is 8. The molecule has 2 saturated carbocycles. The predicted molar refractivity (Wildman–Crippen MR) is 178 cm³/mol. The third-order valence-corrected chi connectivity index (χ3v) is 13.7. The summed E-state index contributed by atoms with van der Waals surface area (Å²) in [7, 11) is -5.23. The molecule has 0 aliphatic heterocycles. The van der Waals surface area contributed by atoms with Crippen LogP contribution < -0.4 is 5.73 Å². The van der Waals surface area contributed by atoms with E-state index in [1.165, 1.54) is 70.5 Å². The van der Waals surface area contributed by atoms with Gasteiger partial charge in [0.2, 0.25) is 0 Å². The summed E-state index contributed by atoms with van der Waals surface area (Å²) in [5.41, 5.74) is 11.7. The Balaban J connectivity index is 0.927. The van der Waals surface area contributed by atoms with Gasteiger partial charge in [0.05, 0.1) is 25.6 Å². The van der Waals surface area contributed by atoms with Crippen molar-refractivity contribution in [2.24, 2.45) is 11.8 Å². The van der Waals surface area contributed by atoms with Crippen molar-refractivity contribution in [1.82, 2.24) is 19.5 Å². The Morgan fingerprint density at radius 2 is 1.80 bits per heavy atom. The van der Waals surface area contributed by atoms with Crippen molar-refractivity contribution in [3.05, 3.63) is 12.7 Å². The zero-order chi connectivity index (χ0) is 31.4. The van der Waals surface area contributed by atoms with E-state index in [0.29, 0.717) is 36.6 Å². The first kappa shape index (κ1) is 35.1. The molecule has 2 aliphatic carbocycles. The van der Waals surface area contributed by atoms with Gasteiger partial charge in [-0.2, -0.15) is 0 Å². The van der Waals surface area contributed by atoms with Gasteiger partial charge in [0, 0.05) is 19.6 Å². The second-order valence-electron chi connectivity index (χ2n) is 13.4. The van der Waals surface area contributed by atoms with Crippen LogP contribution in [0.3, 0.4) is 0 Å². The predicted octanol–water partition coefficient (Wildman–Crippen LogP) is 6.94. The molecule has 2 aromatic heterocycles. The lowest BCUT2D eigenvalue weighted by molar-refractivity contribution is 0.0688. The number of nitrogens with two attached hydrogens (primary N) is 1. The molecule has 10 nitrogen and oxygen atoms in total. The molecule has 4 unspecified atom stereocenters. The molecule has 2 fully saturated rings. The Morgan fingerprint density at radius 3 is 2.55 bits per heavy atom. The van der Waals surface area contributed by atoms with Crippen molar-refractivity contribution < 1.29 is 23.5 Å². The minimum atomic E-state index is -3.85. The maximum Gasteiger partial charge on any atom is 0.353 e. The van der Waals surface area contributed by atoms with Crippen LogP contribution in [0.1, 0.15) is 90.4 Å². The average molecular weight is 648 g/mol. The lowest BCUT2D eigenvalue weighted by atomic mass is 10.0. The Morgan fingerprint density at radius 1 is 1.05 bits per heavy atom. The van der Waals surface area contributed by atoms with Gasteiger partial charge in [-0.1, -0.05) is 58.0 Å². The topological polar surface area (TPSA) is 135 Å². The minimum absolute atomic E-state index is 0.152. The maximum absolute atomic E-state index is 12.3. The molecule has 0 saturated heterocycles. The van der Waals surface area contributed by atoms with E-state index in [-0.39, 0.29) is 19.1 Å². The smallest absolute Gasteiger partial charge is 0.353 e. The van der Waals surface area contributed by atoms with Crippen LogP contribution in [0.25, 0.3) is 11.2 Å². The van der Waals surface area contributed by atoms with Gasteiger partial charge in [-0.25, -0.2) is 15.0 Å². The molecule has 0 aromatic carbocycles. The summed E-state index contributed by atoms with van der Waals surface area (Å²) >= 11 is 0. The Labute approximate surface area is 264 Å².